The summed E-state index contributed by atoms with van der Waals surface area (Å²) in [5, 5.41) is 17.6. The first-order chi connectivity index (χ1) is 11.0. The average Bonchev–Trinajstić information content (AvgIpc) is 2.56. The van der Waals surface area contributed by atoms with Crippen molar-refractivity contribution in [3.05, 3.63) is 28.6 Å². The number of rotatable bonds is 8. The molecular weight excluding hydrogens is 323 g/mol. The van der Waals surface area contributed by atoms with E-state index in [1.54, 1.807) is 0 Å². The Morgan fingerprint density at radius 3 is 2.00 bits per heavy atom. The van der Waals surface area contributed by atoms with Gasteiger partial charge >= 0.3 is 0 Å². The summed E-state index contributed by atoms with van der Waals surface area (Å²) >= 11 is 0.834. The van der Waals surface area contributed by atoms with Gasteiger partial charge in [-0.1, -0.05) is 13.8 Å². The molecule has 0 aliphatic rings. The second-order valence-corrected chi connectivity index (χ2v) is 5.93. The normalized spacial score (nSPS) is 10.6. The minimum atomic E-state index is -1.46. The Morgan fingerprint density at radius 1 is 0.913 bits per heavy atom. The first-order valence-electron chi connectivity index (χ1n) is 7.37. The van der Waals surface area contributed by atoms with Gasteiger partial charge in [0.05, 0.1) is 4.90 Å². The van der Waals surface area contributed by atoms with Gasteiger partial charge in [0.25, 0.3) is 0 Å². The van der Waals surface area contributed by atoms with Crippen LogP contribution in [0.15, 0.2) is 4.90 Å². The molecule has 23 heavy (non-hydrogen) atoms. The van der Waals surface area contributed by atoms with E-state index in [4.69, 9.17) is 10.5 Å². The van der Waals surface area contributed by atoms with E-state index in [9.17, 15) is 13.2 Å². The number of unbranched alkanes of at least 4 members (excludes halogenated alkanes) is 1. The summed E-state index contributed by atoms with van der Waals surface area (Å²) in [5.41, 5.74) is -1.62. The lowest BCUT2D eigenvalue weighted by atomic mass is 10.1. The summed E-state index contributed by atoms with van der Waals surface area (Å²) in [6, 6.07) is 2.76. The lowest BCUT2D eigenvalue weighted by Crippen LogP contribution is -2.23. The maximum Gasteiger partial charge on any atom is 0.179 e. The van der Waals surface area contributed by atoms with Crippen molar-refractivity contribution in [2.45, 2.75) is 31.6 Å². The largest absolute Gasteiger partial charge is 0.304 e. The van der Waals surface area contributed by atoms with Crippen LogP contribution in [0, 0.1) is 40.1 Å². The summed E-state index contributed by atoms with van der Waals surface area (Å²) in [7, 11) is 0. The first-order valence-corrected chi connectivity index (χ1v) is 8.36. The van der Waals surface area contributed by atoms with Crippen LogP contribution >= 0.6 is 11.8 Å². The van der Waals surface area contributed by atoms with Crippen molar-refractivity contribution in [2.24, 2.45) is 0 Å². The zero-order chi connectivity index (χ0) is 17.4. The van der Waals surface area contributed by atoms with Crippen LogP contribution in [0.5, 0.6) is 0 Å². The van der Waals surface area contributed by atoms with Crippen molar-refractivity contribution in [1.82, 2.24) is 4.90 Å². The molecule has 0 amide bonds. The quantitative estimate of drug-likeness (QED) is 0.406. The minimum Gasteiger partial charge on any atom is -0.304 e. The lowest BCUT2D eigenvalue weighted by Gasteiger charge is -2.17. The van der Waals surface area contributed by atoms with Crippen LogP contribution in [-0.2, 0) is 0 Å². The third-order valence-electron chi connectivity index (χ3n) is 3.51. The topological polar surface area (TPSA) is 50.8 Å². The highest BCUT2D eigenvalue weighted by Crippen LogP contribution is 2.32. The van der Waals surface area contributed by atoms with Crippen LogP contribution in [0.1, 0.15) is 37.8 Å². The van der Waals surface area contributed by atoms with Crippen molar-refractivity contribution < 1.29 is 13.2 Å². The fourth-order valence-corrected chi connectivity index (χ4v) is 3.12. The standard InChI is InChI=1S/C16H18F3N3S/c1-3-22(4-2)7-5-6-8-23-16-14(18)12(10-21)11(9-20)13(17)15(16)19/h3-8H2,1-2H3. The monoisotopic (exact) mass is 341 g/mol. The van der Waals surface area contributed by atoms with Crippen molar-refractivity contribution >= 4 is 11.8 Å². The van der Waals surface area contributed by atoms with Gasteiger partial charge in [-0.25, -0.2) is 13.2 Å². The zero-order valence-corrected chi connectivity index (χ0v) is 13.9. The van der Waals surface area contributed by atoms with Gasteiger partial charge in [-0.15, -0.1) is 11.8 Å². The molecule has 0 unspecified atom stereocenters. The molecule has 7 heteroatoms. The molecule has 0 radical (unpaired) electrons. The fourth-order valence-electron chi connectivity index (χ4n) is 2.13. The summed E-state index contributed by atoms with van der Waals surface area (Å²) < 4.78 is 41.7. The summed E-state index contributed by atoms with van der Waals surface area (Å²) in [6.45, 7) is 6.90. The second-order valence-electron chi connectivity index (χ2n) is 4.83. The Hall–Kier alpha value is -1.70. The van der Waals surface area contributed by atoms with E-state index in [-0.39, 0.29) is 0 Å². The number of halogens is 3. The lowest BCUT2D eigenvalue weighted by molar-refractivity contribution is 0.299. The van der Waals surface area contributed by atoms with Crippen molar-refractivity contribution in [1.29, 1.82) is 10.5 Å². The van der Waals surface area contributed by atoms with Gasteiger partial charge in [0, 0.05) is 0 Å². The highest BCUT2D eigenvalue weighted by molar-refractivity contribution is 7.99. The van der Waals surface area contributed by atoms with Gasteiger partial charge in [0.15, 0.2) is 17.5 Å². The Balaban J connectivity index is 2.77. The number of hydrogen-bond donors (Lipinski definition) is 0. The Labute approximate surface area is 138 Å². The number of nitrogens with zero attached hydrogens (tertiary/aromatic N) is 3. The number of thioether (sulfide) groups is 1. The van der Waals surface area contributed by atoms with E-state index in [2.05, 4.69) is 18.7 Å². The SMILES string of the molecule is CCN(CC)CCCCSc1c(F)c(F)c(C#N)c(C#N)c1F. The molecule has 0 N–H and O–H groups in total. The van der Waals surface area contributed by atoms with Crippen LogP contribution in [0.2, 0.25) is 0 Å². The molecule has 0 aliphatic heterocycles. The van der Waals surface area contributed by atoms with Crippen molar-refractivity contribution in [3.63, 3.8) is 0 Å². The minimum absolute atomic E-state index is 0.408. The molecular formula is C16H18F3N3S. The smallest absolute Gasteiger partial charge is 0.179 e. The molecule has 0 saturated heterocycles. The van der Waals surface area contributed by atoms with Gasteiger partial charge in [0.2, 0.25) is 0 Å². The molecule has 3 nitrogen and oxygen atoms in total. The number of hydrogen-bond acceptors (Lipinski definition) is 4. The second kappa shape index (κ2) is 9.44. The summed E-state index contributed by atoms with van der Waals surface area (Å²) in [6.07, 6.45) is 1.57. The maximum absolute atomic E-state index is 14.1. The van der Waals surface area contributed by atoms with Crippen molar-refractivity contribution in [2.75, 3.05) is 25.4 Å². The predicted molar refractivity (Wildman–Crippen MR) is 83.5 cm³/mol. The Bertz CT molecular complexity index is 631. The van der Waals surface area contributed by atoms with Gasteiger partial charge in [-0.05, 0) is 38.2 Å². The highest BCUT2D eigenvalue weighted by Gasteiger charge is 2.25. The molecule has 0 aliphatic carbocycles. The molecule has 0 aromatic heterocycles. The first kappa shape index (κ1) is 19.3. The molecule has 0 atom stereocenters. The van der Waals surface area contributed by atoms with Gasteiger partial charge < -0.3 is 4.90 Å². The van der Waals surface area contributed by atoms with Crippen molar-refractivity contribution in [3.8, 4) is 12.1 Å². The Morgan fingerprint density at radius 2 is 1.48 bits per heavy atom. The average molecular weight is 341 g/mol. The van der Waals surface area contributed by atoms with Gasteiger partial charge in [-0.3, -0.25) is 0 Å². The molecule has 1 rings (SSSR count). The molecule has 0 fully saturated rings. The highest BCUT2D eigenvalue weighted by atomic mass is 32.2. The zero-order valence-electron chi connectivity index (χ0n) is 13.1. The van der Waals surface area contributed by atoms with E-state index in [0.29, 0.717) is 12.2 Å². The van der Waals surface area contributed by atoms with Crippen LogP contribution in [0.3, 0.4) is 0 Å². The van der Waals surface area contributed by atoms with E-state index in [1.807, 2.05) is 0 Å². The summed E-state index contributed by atoms with van der Waals surface area (Å²) in [4.78, 5) is 1.71. The molecule has 0 saturated carbocycles. The van der Waals surface area contributed by atoms with E-state index in [0.717, 1.165) is 37.8 Å². The van der Waals surface area contributed by atoms with Crippen LogP contribution in [0.25, 0.3) is 0 Å². The van der Waals surface area contributed by atoms with Gasteiger partial charge in [0.1, 0.15) is 23.3 Å². The molecule has 0 heterocycles. The maximum atomic E-state index is 14.1. The number of nitriles is 2. The predicted octanol–water partition coefficient (Wildman–Crippen LogP) is 4.06. The molecule has 1 aromatic carbocycles. The molecule has 124 valence electrons. The molecule has 0 bridgehead atoms. The van der Waals surface area contributed by atoms with E-state index in [1.165, 1.54) is 12.1 Å². The fraction of sp³-hybridized carbons (Fsp3) is 0.500. The van der Waals surface area contributed by atoms with E-state index >= 15 is 0 Å². The molecule has 0 spiro atoms. The van der Waals surface area contributed by atoms with Crippen LogP contribution in [0.4, 0.5) is 13.2 Å². The third kappa shape index (κ3) is 4.63. The van der Waals surface area contributed by atoms with Crippen LogP contribution < -0.4 is 0 Å². The number of benzene rings is 1. The van der Waals surface area contributed by atoms with E-state index < -0.39 is 33.5 Å². The Kier molecular flexibility index (Phi) is 7.94. The molecule has 1 aromatic rings. The third-order valence-corrected chi connectivity index (χ3v) is 4.65. The summed E-state index contributed by atoms with van der Waals surface area (Å²) in [5.74, 6) is -3.61. The van der Waals surface area contributed by atoms with Crippen LogP contribution in [-0.4, -0.2) is 30.3 Å². The van der Waals surface area contributed by atoms with Gasteiger partial charge in [-0.2, -0.15) is 10.5 Å².